The van der Waals surface area contributed by atoms with Gasteiger partial charge in [0.1, 0.15) is 5.82 Å². The lowest BCUT2D eigenvalue weighted by Crippen LogP contribution is -2.39. The van der Waals surface area contributed by atoms with Gasteiger partial charge < -0.3 is 19.5 Å². The Morgan fingerprint density at radius 1 is 1.24 bits per heavy atom. The number of aromatic nitrogens is 3. The maximum atomic E-state index is 5.57. The summed E-state index contributed by atoms with van der Waals surface area (Å²) < 4.78 is 11.1. The van der Waals surface area contributed by atoms with E-state index < -0.39 is 0 Å². The lowest BCUT2D eigenvalue weighted by molar-refractivity contribution is 0.0485. The Kier molecular flexibility index (Phi) is 4.94. The molecule has 0 amide bonds. The molecule has 2 unspecified atom stereocenters. The largest absolute Gasteiger partial charge is 0.381 e. The van der Waals surface area contributed by atoms with E-state index in [1.165, 1.54) is 19.3 Å². The number of nitrogens with one attached hydrogen (secondary N) is 1. The van der Waals surface area contributed by atoms with Crippen LogP contribution in [0.3, 0.4) is 0 Å². The lowest BCUT2D eigenvalue weighted by atomic mass is 9.96. The predicted octanol–water partition coefficient (Wildman–Crippen LogP) is 2.21. The topological polar surface area (TPSA) is 76.3 Å². The third kappa shape index (κ3) is 3.52. The molecule has 1 N–H and O–H groups in total. The van der Waals surface area contributed by atoms with Crippen LogP contribution < -0.4 is 10.2 Å². The number of piperidine rings is 2. The summed E-state index contributed by atoms with van der Waals surface area (Å²) in [5.41, 5.74) is 0.883. The van der Waals surface area contributed by atoms with Gasteiger partial charge in [-0.25, -0.2) is 4.98 Å². The van der Waals surface area contributed by atoms with E-state index in [9.17, 15) is 0 Å². The van der Waals surface area contributed by atoms with E-state index in [4.69, 9.17) is 9.26 Å². The summed E-state index contributed by atoms with van der Waals surface area (Å²) in [6.45, 7) is 3.93. The van der Waals surface area contributed by atoms with Gasteiger partial charge >= 0.3 is 0 Å². The summed E-state index contributed by atoms with van der Waals surface area (Å²) in [5, 5.41) is 7.51. The van der Waals surface area contributed by atoms with Crippen LogP contribution >= 0.6 is 0 Å². The van der Waals surface area contributed by atoms with Crippen LogP contribution in [0.2, 0.25) is 0 Å². The van der Waals surface area contributed by atoms with Gasteiger partial charge in [0.05, 0.1) is 12.0 Å². The molecule has 0 radical (unpaired) electrons. The highest BCUT2D eigenvalue weighted by Gasteiger charge is 2.31. The van der Waals surface area contributed by atoms with E-state index in [2.05, 4.69) is 31.4 Å². The van der Waals surface area contributed by atoms with Crippen molar-refractivity contribution in [1.29, 1.82) is 0 Å². The number of pyridine rings is 1. The molecule has 2 saturated heterocycles. The van der Waals surface area contributed by atoms with E-state index in [1.807, 2.05) is 12.3 Å². The number of hydrogen-bond donors (Lipinski definition) is 1. The van der Waals surface area contributed by atoms with Gasteiger partial charge in [-0.3, -0.25) is 0 Å². The third-order valence-electron chi connectivity index (χ3n) is 5.17. The van der Waals surface area contributed by atoms with Crippen molar-refractivity contribution in [3.8, 4) is 11.4 Å². The van der Waals surface area contributed by atoms with Gasteiger partial charge in [0.2, 0.25) is 11.7 Å². The van der Waals surface area contributed by atoms with Gasteiger partial charge in [-0.15, -0.1) is 0 Å². The molecular weight excluding hydrogens is 318 g/mol. The SMILES string of the molecule is COC1CCNCC1c1nc(-c2ccc(N3CCCCC3)nc2)no1. The number of anilines is 1. The summed E-state index contributed by atoms with van der Waals surface area (Å²) in [5.74, 6) is 2.35. The molecule has 0 aliphatic carbocycles. The maximum Gasteiger partial charge on any atom is 0.233 e. The summed E-state index contributed by atoms with van der Waals surface area (Å²) in [6, 6.07) is 4.08. The average molecular weight is 343 g/mol. The van der Waals surface area contributed by atoms with E-state index in [1.54, 1.807) is 7.11 Å². The highest BCUT2D eigenvalue weighted by atomic mass is 16.5. The Morgan fingerprint density at radius 3 is 2.88 bits per heavy atom. The smallest absolute Gasteiger partial charge is 0.233 e. The Hall–Kier alpha value is -1.99. The summed E-state index contributed by atoms with van der Waals surface area (Å²) in [6.07, 6.45) is 6.71. The fourth-order valence-electron chi connectivity index (χ4n) is 3.69. The van der Waals surface area contributed by atoms with Crippen molar-refractivity contribution >= 4 is 5.82 Å². The zero-order valence-corrected chi connectivity index (χ0v) is 14.6. The molecule has 0 bridgehead atoms. The van der Waals surface area contributed by atoms with Crippen molar-refractivity contribution < 1.29 is 9.26 Å². The van der Waals surface area contributed by atoms with Crippen molar-refractivity contribution in [2.24, 2.45) is 0 Å². The summed E-state index contributed by atoms with van der Waals surface area (Å²) in [7, 11) is 1.74. The lowest BCUT2D eigenvalue weighted by Gasteiger charge is -2.28. The van der Waals surface area contributed by atoms with Gasteiger partial charge in [0.15, 0.2) is 0 Å². The van der Waals surface area contributed by atoms with Crippen LogP contribution in [0, 0.1) is 0 Å². The van der Waals surface area contributed by atoms with E-state index in [0.717, 1.165) is 44.0 Å². The second kappa shape index (κ2) is 7.49. The Labute approximate surface area is 147 Å². The van der Waals surface area contributed by atoms with Crippen LogP contribution in [0.1, 0.15) is 37.5 Å². The second-order valence-electron chi connectivity index (χ2n) is 6.78. The van der Waals surface area contributed by atoms with E-state index >= 15 is 0 Å². The van der Waals surface area contributed by atoms with Gasteiger partial charge in [-0.1, -0.05) is 5.16 Å². The minimum Gasteiger partial charge on any atom is -0.381 e. The monoisotopic (exact) mass is 343 g/mol. The van der Waals surface area contributed by atoms with Gasteiger partial charge in [0, 0.05) is 38.5 Å². The van der Waals surface area contributed by atoms with Crippen LogP contribution in [0.4, 0.5) is 5.82 Å². The Bertz CT molecular complexity index is 681. The molecule has 2 aliphatic heterocycles. The molecule has 0 saturated carbocycles. The highest BCUT2D eigenvalue weighted by Crippen LogP contribution is 2.27. The minimum atomic E-state index is 0.0978. The minimum absolute atomic E-state index is 0.0978. The number of hydrogen-bond acceptors (Lipinski definition) is 7. The fraction of sp³-hybridized carbons (Fsp3) is 0.611. The number of methoxy groups -OCH3 is 1. The molecule has 7 heteroatoms. The zero-order chi connectivity index (χ0) is 17.1. The van der Waals surface area contributed by atoms with Crippen molar-refractivity contribution in [3.05, 3.63) is 24.2 Å². The molecule has 2 aromatic heterocycles. The molecular formula is C18H25N5O2. The van der Waals surface area contributed by atoms with Gasteiger partial charge in [-0.05, 0) is 44.4 Å². The van der Waals surface area contributed by atoms with Crippen LogP contribution in [-0.4, -0.2) is 54.5 Å². The molecule has 0 spiro atoms. The fourth-order valence-corrected chi connectivity index (χ4v) is 3.69. The van der Waals surface area contributed by atoms with Crippen molar-refractivity contribution in [2.45, 2.75) is 37.7 Å². The quantitative estimate of drug-likeness (QED) is 0.912. The first-order valence-electron chi connectivity index (χ1n) is 9.13. The standard InChI is InChI=1S/C18H25N5O2/c1-24-15-7-8-19-12-14(15)18-21-17(22-25-18)13-5-6-16(20-11-13)23-9-3-2-4-10-23/h5-6,11,14-15,19H,2-4,7-10,12H2,1H3. The molecule has 2 atom stereocenters. The molecule has 2 fully saturated rings. The first kappa shape index (κ1) is 16.5. The van der Waals surface area contributed by atoms with Gasteiger partial charge in [0.25, 0.3) is 0 Å². The van der Waals surface area contributed by atoms with Crippen LogP contribution in [0.15, 0.2) is 22.9 Å². The first-order valence-corrected chi connectivity index (χ1v) is 9.13. The van der Waals surface area contributed by atoms with Crippen LogP contribution in [0.25, 0.3) is 11.4 Å². The highest BCUT2D eigenvalue weighted by molar-refractivity contribution is 5.56. The second-order valence-corrected chi connectivity index (χ2v) is 6.78. The van der Waals surface area contributed by atoms with E-state index in [0.29, 0.717) is 11.7 Å². The number of rotatable bonds is 4. The van der Waals surface area contributed by atoms with Crippen LogP contribution in [0.5, 0.6) is 0 Å². The molecule has 2 aromatic rings. The zero-order valence-electron chi connectivity index (χ0n) is 14.6. The number of nitrogens with zero attached hydrogens (tertiary/aromatic N) is 4. The third-order valence-corrected chi connectivity index (χ3v) is 5.17. The molecule has 25 heavy (non-hydrogen) atoms. The Morgan fingerprint density at radius 2 is 2.12 bits per heavy atom. The van der Waals surface area contributed by atoms with Crippen molar-refractivity contribution in [1.82, 2.24) is 20.4 Å². The average Bonchev–Trinajstić information content (AvgIpc) is 3.19. The molecule has 7 nitrogen and oxygen atoms in total. The molecule has 134 valence electrons. The summed E-state index contributed by atoms with van der Waals surface area (Å²) >= 11 is 0. The number of ether oxygens (including phenoxy) is 1. The molecule has 4 heterocycles. The maximum absolute atomic E-state index is 5.57. The molecule has 0 aromatic carbocycles. The normalized spacial score (nSPS) is 24.4. The Balaban J connectivity index is 1.49. The predicted molar refractivity (Wildman–Crippen MR) is 94.6 cm³/mol. The first-order chi connectivity index (χ1) is 12.3. The van der Waals surface area contributed by atoms with Crippen LogP contribution in [-0.2, 0) is 4.74 Å². The van der Waals surface area contributed by atoms with Crippen molar-refractivity contribution in [3.63, 3.8) is 0 Å². The molecule has 4 rings (SSSR count). The molecule has 2 aliphatic rings. The van der Waals surface area contributed by atoms with Crippen molar-refractivity contribution in [2.75, 3.05) is 38.2 Å². The van der Waals surface area contributed by atoms with Gasteiger partial charge in [-0.2, -0.15) is 4.98 Å². The van der Waals surface area contributed by atoms with E-state index in [-0.39, 0.29) is 12.0 Å². The summed E-state index contributed by atoms with van der Waals surface area (Å²) in [4.78, 5) is 11.5.